The summed E-state index contributed by atoms with van der Waals surface area (Å²) in [5.41, 5.74) is 2.16. The number of nitrogens with zero attached hydrogens (tertiary/aromatic N) is 2. The topological polar surface area (TPSA) is 88.1 Å². The molecule has 2 aromatic carbocycles. The number of thioether (sulfide) groups is 1. The molecule has 1 N–H and O–H groups in total. The Kier molecular flexibility index (Phi) is 8.32. The predicted molar refractivity (Wildman–Crippen MR) is 116 cm³/mol. The van der Waals surface area contributed by atoms with Crippen molar-refractivity contribution in [3.63, 3.8) is 0 Å². The predicted octanol–water partition coefficient (Wildman–Crippen LogP) is 3.90. The highest BCUT2D eigenvalue weighted by molar-refractivity contribution is 7.99. The number of carbonyl (C=O) groups is 3. The van der Waals surface area contributed by atoms with Gasteiger partial charge in [0.15, 0.2) is 6.61 Å². The number of nitrogens with one attached hydrogen (secondary N) is 1. The first-order valence-corrected chi connectivity index (χ1v) is 10.7. The number of hydrogen-bond donors (Lipinski definition) is 1. The first-order valence-electron chi connectivity index (χ1n) is 9.84. The minimum atomic E-state index is -2.52. The van der Waals surface area contributed by atoms with E-state index in [4.69, 9.17) is 4.74 Å². The van der Waals surface area contributed by atoms with E-state index in [0.29, 0.717) is 35.3 Å². The molecule has 0 bridgehead atoms. The number of carbonyl (C=O) groups excluding carboxylic acids is 3. The van der Waals surface area contributed by atoms with Gasteiger partial charge in [-0.1, -0.05) is 42.1 Å². The van der Waals surface area contributed by atoms with Crippen molar-refractivity contribution in [3.8, 4) is 0 Å². The van der Waals surface area contributed by atoms with Gasteiger partial charge in [-0.2, -0.15) is 13.9 Å². The van der Waals surface area contributed by atoms with E-state index in [1.54, 1.807) is 0 Å². The Balaban J connectivity index is 1.37. The molecule has 2 amide bonds. The number of hydrazone groups is 1. The number of esters is 1. The summed E-state index contributed by atoms with van der Waals surface area (Å²) in [7, 11) is 0. The lowest BCUT2D eigenvalue weighted by molar-refractivity contribution is -0.148. The molecule has 0 saturated carbocycles. The van der Waals surface area contributed by atoms with Gasteiger partial charge in [0.05, 0.1) is 18.7 Å². The van der Waals surface area contributed by atoms with Crippen LogP contribution in [0.3, 0.4) is 0 Å². The van der Waals surface area contributed by atoms with Crippen LogP contribution in [0.25, 0.3) is 0 Å². The third-order valence-electron chi connectivity index (χ3n) is 4.47. The minimum absolute atomic E-state index is 0.0741. The van der Waals surface area contributed by atoms with Crippen molar-refractivity contribution in [1.82, 2.24) is 5.01 Å². The normalized spacial score (nSPS) is 13.1. The van der Waals surface area contributed by atoms with Crippen LogP contribution in [0.4, 0.5) is 14.5 Å². The van der Waals surface area contributed by atoms with Crippen LogP contribution in [0, 0.1) is 0 Å². The first-order chi connectivity index (χ1) is 15.4. The number of alkyl halides is 2. The monoisotopic (exact) mass is 461 g/mol. The highest BCUT2D eigenvalue weighted by Gasteiger charge is 2.22. The molecule has 0 aliphatic carbocycles. The maximum Gasteiger partial charge on any atom is 0.306 e. The van der Waals surface area contributed by atoms with Crippen molar-refractivity contribution >= 4 is 40.9 Å². The van der Waals surface area contributed by atoms with Crippen molar-refractivity contribution in [3.05, 3.63) is 60.2 Å². The van der Waals surface area contributed by atoms with Gasteiger partial charge in [0, 0.05) is 23.4 Å². The summed E-state index contributed by atoms with van der Waals surface area (Å²) >= 11 is 0.401. The van der Waals surface area contributed by atoms with Crippen LogP contribution >= 0.6 is 11.8 Å². The van der Waals surface area contributed by atoms with Crippen molar-refractivity contribution < 1.29 is 27.9 Å². The van der Waals surface area contributed by atoms with Gasteiger partial charge in [0.1, 0.15) is 0 Å². The quantitative estimate of drug-likeness (QED) is 0.452. The molecule has 2 aromatic rings. The Morgan fingerprint density at radius 1 is 1.06 bits per heavy atom. The Morgan fingerprint density at radius 3 is 2.47 bits per heavy atom. The third-order valence-corrected chi connectivity index (χ3v) is 5.19. The van der Waals surface area contributed by atoms with Gasteiger partial charge in [-0.25, -0.2) is 5.01 Å². The van der Waals surface area contributed by atoms with Gasteiger partial charge >= 0.3 is 5.97 Å². The zero-order valence-corrected chi connectivity index (χ0v) is 17.8. The van der Waals surface area contributed by atoms with Crippen molar-refractivity contribution in [2.75, 3.05) is 18.5 Å². The van der Waals surface area contributed by atoms with E-state index >= 15 is 0 Å². The van der Waals surface area contributed by atoms with Crippen LogP contribution in [-0.4, -0.2) is 47.4 Å². The molecule has 0 radical (unpaired) electrons. The number of rotatable bonds is 9. The van der Waals surface area contributed by atoms with Gasteiger partial charge in [0.2, 0.25) is 5.91 Å². The number of benzene rings is 2. The standard InChI is InChI=1S/C22H21F2N3O4S/c23-22(24)32-17-8-6-16(7-9-17)25-19(28)14-31-21(30)11-10-20(29)27-13-12-18(26-27)15-4-2-1-3-5-15/h1-9,22H,10-14H2,(H,25,28). The molecule has 1 heterocycles. The maximum absolute atomic E-state index is 12.3. The second-order valence-corrected chi connectivity index (χ2v) is 7.85. The summed E-state index contributed by atoms with van der Waals surface area (Å²) in [5, 5.41) is 8.17. The molecule has 0 atom stereocenters. The summed E-state index contributed by atoms with van der Waals surface area (Å²) in [6.45, 7) is -0.0598. The molecule has 0 saturated heterocycles. The van der Waals surface area contributed by atoms with Gasteiger partial charge in [-0.15, -0.1) is 0 Å². The van der Waals surface area contributed by atoms with E-state index in [0.717, 1.165) is 11.3 Å². The van der Waals surface area contributed by atoms with Crippen LogP contribution in [0.1, 0.15) is 24.8 Å². The zero-order chi connectivity index (χ0) is 22.9. The smallest absolute Gasteiger partial charge is 0.306 e. The average molecular weight is 461 g/mol. The Bertz CT molecular complexity index is 984. The van der Waals surface area contributed by atoms with Crippen LogP contribution in [-0.2, 0) is 19.1 Å². The fraction of sp³-hybridized carbons (Fsp3) is 0.273. The highest BCUT2D eigenvalue weighted by atomic mass is 32.2. The average Bonchev–Trinajstić information content (AvgIpc) is 3.28. The summed E-state index contributed by atoms with van der Waals surface area (Å²) in [6.07, 6.45) is 0.399. The van der Waals surface area contributed by atoms with Crippen LogP contribution in [0.5, 0.6) is 0 Å². The largest absolute Gasteiger partial charge is 0.456 e. The summed E-state index contributed by atoms with van der Waals surface area (Å²) in [6, 6.07) is 15.4. The van der Waals surface area contributed by atoms with E-state index in [1.165, 1.54) is 29.3 Å². The van der Waals surface area contributed by atoms with Gasteiger partial charge < -0.3 is 10.1 Å². The van der Waals surface area contributed by atoms with Crippen LogP contribution < -0.4 is 5.32 Å². The highest BCUT2D eigenvalue weighted by Crippen LogP contribution is 2.26. The molecular weight excluding hydrogens is 440 g/mol. The van der Waals surface area contributed by atoms with E-state index in [2.05, 4.69) is 10.4 Å². The second-order valence-electron chi connectivity index (χ2n) is 6.79. The molecule has 168 valence electrons. The van der Waals surface area contributed by atoms with Crippen LogP contribution in [0.15, 0.2) is 64.6 Å². The van der Waals surface area contributed by atoms with Crippen LogP contribution in [0.2, 0.25) is 0 Å². The van der Waals surface area contributed by atoms with Crippen molar-refractivity contribution in [2.45, 2.75) is 29.9 Å². The zero-order valence-electron chi connectivity index (χ0n) is 17.0. The molecule has 0 unspecified atom stereocenters. The summed E-state index contributed by atoms with van der Waals surface area (Å²) in [4.78, 5) is 36.4. The van der Waals surface area contributed by atoms with E-state index in [9.17, 15) is 23.2 Å². The fourth-order valence-electron chi connectivity index (χ4n) is 2.94. The summed E-state index contributed by atoms with van der Waals surface area (Å²) < 4.78 is 29.5. The fourth-order valence-corrected chi connectivity index (χ4v) is 3.44. The Labute approximate surface area is 187 Å². The number of hydrogen-bond acceptors (Lipinski definition) is 6. The van der Waals surface area contributed by atoms with Crippen molar-refractivity contribution in [2.24, 2.45) is 5.10 Å². The molecule has 0 fully saturated rings. The van der Waals surface area contributed by atoms with Gasteiger partial charge in [0.25, 0.3) is 11.7 Å². The molecule has 0 aromatic heterocycles. The summed E-state index contributed by atoms with van der Waals surface area (Å²) in [5.74, 6) is -4.07. The molecule has 1 aliphatic rings. The molecule has 7 nitrogen and oxygen atoms in total. The first kappa shape index (κ1) is 23.4. The minimum Gasteiger partial charge on any atom is -0.456 e. The molecule has 32 heavy (non-hydrogen) atoms. The number of anilines is 1. The molecule has 0 spiro atoms. The number of amides is 2. The lowest BCUT2D eigenvalue weighted by atomic mass is 10.1. The maximum atomic E-state index is 12.3. The molecule has 3 rings (SSSR count). The van der Waals surface area contributed by atoms with Gasteiger partial charge in [-0.05, 0) is 29.8 Å². The molecule has 1 aliphatic heterocycles. The SMILES string of the molecule is O=C(COC(=O)CCC(=O)N1CCC(c2ccccc2)=N1)Nc1ccc(SC(F)F)cc1. The van der Waals surface area contributed by atoms with E-state index in [1.807, 2.05) is 30.3 Å². The third kappa shape index (κ3) is 7.16. The second kappa shape index (κ2) is 11.4. The Hall–Kier alpha value is -3.27. The van der Waals surface area contributed by atoms with E-state index < -0.39 is 24.2 Å². The lowest BCUT2D eigenvalue weighted by Gasteiger charge is -2.11. The number of halogens is 2. The Morgan fingerprint density at radius 2 is 1.78 bits per heavy atom. The number of ether oxygens (including phenoxy) is 1. The lowest BCUT2D eigenvalue weighted by Crippen LogP contribution is -2.25. The molecular formula is C22H21F2N3O4S. The van der Waals surface area contributed by atoms with Gasteiger partial charge in [-0.3, -0.25) is 14.4 Å². The van der Waals surface area contributed by atoms with E-state index in [-0.39, 0.29) is 18.7 Å². The van der Waals surface area contributed by atoms with Crippen molar-refractivity contribution in [1.29, 1.82) is 0 Å². The molecule has 10 heteroatoms.